The van der Waals surface area contributed by atoms with E-state index in [9.17, 15) is 10.1 Å². The molecule has 0 atom stereocenters. The van der Waals surface area contributed by atoms with E-state index >= 15 is 0 Å². The minimum Gasteiger partial charge on any atom is -0.482 e. The van der Waals surface area contributed by atoms with Crippen LogP contribution in [-0.4, -0.2) is 4.92 Å². The van der Waals surface area contributed by atoms with Gasteiger partial charge >= 0.3 is 5.69 Å². The van der Waals surface area contributed by atoms with Crippen molar-refractivity contribution in [1.29, 1.82) is 0 Å². The zero-order chi connectivity index (χ0) is 14.7. The van der Waals surface area contributed by atoms with Gasteiger partial charge < -0.3 is 4.74 Å². The highest BCUT2D eigenvalue weighted by Gasteiger charge is 2.18. The molecule has 0 heterocycles. The van der Waals surface area contributed by atoms with Gasteiger partial charge in [-0.3, -0.25) is 10.1 Å². The summed E-state index contributed by atoms with van der Waals surface area (Å²) in [7, 11) is 0. The molecule has 104 valence electrons. The van der Waals surface area contributed by atoms with E-state index in [1.54, 1.807) is 6.07 Å². The first-order valence-electron chi connectivity index (χ1n) is 6.58. The quantitative estimate of drug-likeness (QED) is 0.527. The maximum atomic E-state index is 11.2. The number of hydrogen-bond acceptors (Lipinski definition) is 3. The second-order valence-electron chi connectivity index (χ2n) is 4.67. The van der Waals surface area contributed by atoms with E-state index < -0.39 is 4.92 Å². The van der Waals surface area contributed by atoms with Gasteiger partial charge in [-0.15, -0.1) is 0 Å². The summed E-state index contributed by atoms with van der Waals surface area (Å²) in [6, 6.07) is 20.3. The lowest BCUT2D eigenvalue weighted by atomic mass is 10.1. The minimum absolute atomic E-state index is 0.00960. The van der Waals surface area contributed by atoms with Crippen LogP contribution < -0.4 is 4.74 Å². The summed E-state index contributed by atoms with van der Waals surface area (Å²) in [4.78, 5) is 10.8. The fourth-order valence-corrected chi connectivity index (χ4v) is 2.26. The van der Waals surface area contributed by atoms with Crippen molar-refractivity contribution in [3.63, 3.8) is 0 Å². The first kappa shape index (κ1) is 13.1. The first-order valence-corrected chi connectivity index (χ1v) is 6.58. The molecule has 0 aliphatic rings. The molecule has 0 aliphatic carbocycles. The Labute approximate surface area is 121 Å². The van der Waals surface area contributed by atoms with Crippen LogP contribution in [0.15, 0.2) is 66.7 Å². The van der Waals surface area contributed by atoms with Crippen LogP contribution in [-0.2, 0) is 6.61 Å². The van der Waals surface area contributed by atoms with Crippen LogP contribution in [0.3, 0.4) is 0 Å². The van der Waals surface area contributed by atoms with Crippen LogP contribution in [0.1, 0.15) is 5.56 Å². The van der Waals surface area contributed by atoms with E-state index in [1.165, 1.54) is 6.07 Å². The third kappa shape index (κ3) is 2.69. The molecule has 4 heteroatoms. The number of nitrogens with zero attached hydrogens (tertiary/aromatic N) is 1. The van der Waals surface area contributed by atoms with Gasteiger partial charge in [0.15, 0.2) is 0 Å². The topological polar surface area (TPSA) is 52.4 Å². The number of nitro groups is 1. The standard InChI is InChI=1S/C17H13NO3/c19-18(20)16-11-10-14-8-4-5-9-15(14)17(16)21-12-13-6-2-1-3-7-13/h1-11H,12H2. The molecular weight excluding hydrogens is 266 g/mol. The highest BCUT2D eigenvalue weighted by atomic mass is 16.6. The second kappa shape index (κ2) is 5.63. The number of benzene rings is 3. The van der Waals surface area contributed by atoms with Gasteiger partial charge in [-0.2, -0.15) is 0 Å². The summed E-state index contributed by atoms with van der Waals surface area (Å²) in [5, 5.41) is 12.9. The maximum Gasteiger partial charge on any atom is 0.311 e. The van der Waals surface area contributed by atoms with Crippen molar-refractivity contribution in [2.24, 2.45) is 0 Å². The molecular formula is C17H13NO3. The lowest BCUT2D eigenvalue weighted by molar-refractivity contribution is -0.385. The Morgan fingerprint density at radius 2 is 1.62 bits per heavy atom. The Morgan fingerprint density at radius 3 is 2.38 bits per heavy atom. The van der Waals surface area contributed by atoms with Gasteiger partial charge in [0.25, 0.3) is 0 Å². The number of fused-ring (bicyclic) bond motifs is 1. The van der Waals surface area contributed by atoms with Crippen molar-refractivity contribution in [3.8, 4) is 5.75 Å². The molecule has 21 heavy (non-hydrogen) atoms. The van der Waals surface area contributed by atoms with Crippen LogP contribution in [0.25, 0.3) is 10.8 Å². The minimum atomic E-state index is -0.410. The number of rotatable bonds is 4. The van der Waals surface area contributed by atoms with Crippen molar-refractivity contribution in [1.82, 2.24) is 0 Å². The monoisotopic (exact) mass is 279 g/mol. The molecule has 0 fully saturated rings. The Morgan fingerprint density at radius 1 is 0.905 bits per heavy atom. The molecule has 0 radical (unpaired) electrons. The highest BCUT2D eigenvalue weighted by Crippen LogP contribution is 2.35. The average molecular weight is 279 g/mol. The normalized spacial score (nSPS) is 10.5. The van der Waals surface area contributed by atoms with Crippen LogP contribution >= 0.6 is 0 Å². The van der Waals surface area contributed by atoms with Gasteiger partial charge in [0.2, 0.25) is 5.75 Å². The molecule has 0 saturated carbocycles. The third-order valence-corrected chi connectivity index (χ3v) is 3.28. The lowest BCUT2D eigenvalue weighted by Crippen LogP contribution is -1.99. The summed E-state index contributed by atoms with van der Waals surface area (Å²) in [6.45, 7) is 0.301. The Bertz CT molecular complexity index is 784. The van der Waals surface area contributed by atoms with Crippen molar-refractivity contribution >= 4 is 16.5 Å². The smallest absolute Gasteiger partial charge is 0.311 e. The van der Waals surface area contributed by atoms with E-state index in [4.69, 9.17) is 4.74 Å². The summed E-state index contributed by atoms with van der Waals surface area (Å²) >= 11 is 0. The van der Waals surface area contributed by atoms with Gasteiger partial charge in [-0.1, -0.05) is 54.6 Å². The SMILES string of the molecule is O=[N+]([O-])c1ccc2ccccc2c1OCc1ccccc1. The third-order valence-electron chi connectivity index (χ3n) is 3.28. The summed E-state index contributed by atoms with van der Waals surface area (Å²) < 4.78 is 5.76. The van der Waals surface area contributed by atoms with Gasteiger partial charge in [0.05, 0.1) is 4.92 Å². The molecule has 0 saturated heterocycles. The molecule has 4 nitrogen and oxygen atoms in total. The molecule has 0 amide bonds. The van der Waals surface area contributed by atoms with Crippen LogP contribution in [0.2, 0.25) is 0 Å². The Hall–Kier alpha value is -2.88. The number of hydrogen-bond donors (Lipinski definition) is 0. The van der Waals surface area contributed by atoms with Gasteiger partial charge in [-0.25, -0.2) is 0 Å². The maximum absolute atomic E-state index is 11.2. The average Bonchev–Trinajstić information content (AvgIpc) is 2.53. The van der Waals surface area contributed by atoms with Crippen molar-refractivity contribution < 1.29 is 9.66 Å². The number of nitro benzene ring substituents is 1. The van der Waals surface area contributed by atoms with E-state index in [0.29, 0.717) is 12.4 Å². The number of ether oxygens (including phenoxy) is 1. The Kier molecular flexibility index (Phi) is 3.51. The van der Waals surface area contributed by atoms with Crippen LogP contribution in [0, 0.1) is 10.1 Å². The second-order valence-corrected chi connectivity index (χ2v) is 4.67. The first-order chi connectivity index (χ1) is 10.3. The van der Waals surface area contributed by atoms with Crippen molar-refractivity contribution in [2.75, 3.05) is 0 Å². The molecule has 0 N–H and O–H groups in total. The summed E-state index contributed by atoms with van der Waals surface area (Å²) in [6.07, 6.45) is 0. The van der Waals surface area contributed by atoms with Crippen molar-refractivity contribution in [2.45, 2.75) is 6.61 Å². The van der Waals surface area contributed by atoms with E-state index in [-0.39, 0.29) is 5.69 Å². The fraction of sp³-hybridized carbons (Fsp3) is 0.0588. The fourth-order valence-electron chi connectivity index (χ4n) is 2.26. The molecule has 0 bridgehead atoms. The zero-order valence-corrected chi connectivity index (χ0v) is 11.2. The van der Waals surface area contributed by atoms with Gasteiger partial charge in [0.1, 0.15) is 6.61 Å². The van der Waals surface area contributed by atoms with Gasteiger partial charge in [-0.05, 0) is 17.0 Å². The van der Waals surface area contributed by atoms with Crippen LogP contribution in [0.4, 0.5) is 5.69 Å². The zero-order valence-electron chi connectivity index (χ0n) is 11.2. The van der Waals surface area contributed by atoms with E-state index in [1.807, 2.05) is 54.6 Å². The predicted molar refractivity (Wildman–Crippen MR) is 81.4 cm³/mol. The molecule has 0 aliphatic heterocycles. The molecule has 0 unspecified atom stereocenters. The summed E-state index contributed by atoms with van der Waals surface area (Å²) in [5.41, 5.74) is 0.962. The highest BCUT2D eigenvalue weighted by molar-refractivity contribution is 5.91. The Balaban J connectivity index is 2.02. The molecule has 3 rings (SSSR count). The largest absolute Gasteiger partial charge is 0.482 e. The molecule has 3 aromatic rings. The van der Waals surface area contributed by atoms with E-state index in [2.05, 4.69) is 0 Å². The lowest BCUT2D eigenvalue weighted by Gasteiger charge is -2.10. The van der Waals surface area contributed by atoms with E-state index in [0.717, 1.165) is 16.3 Å². The predicted octanol–water partition coefficient (Wildman–Crippen LogP) is 4.33. The molecule has 0 spiro atoms. The summed E-state index contributed by atoms with van der Waals surface area (Å²) in [5.74, 6) is 0.321. The molecule has 0 aromatic heterocycles. The van der Waals surface area contributed by atoms with Gasteiger partial charge in [0, 0.05) is 11.5 Å². The molecule has 3 aromatic carbocycles. The van der Waals surface area contributed by atoms with Crippen LogP contribution in [0.5, 0.6) is 5.75 Å². The van der Waals surface area contributed by atoms with Crippen molar-refractivity contribution in [3.05, 3.63) is 82.4 Å².